The largest absolute Gasteiger partial charge is 0.507 e. The number of nitrogens with zero attached hydrogens (tertiary/aromatic N) is 2. The second-order valence-electron chi connectivity index (χ2n) is 6.39. The Morgan fingerprint density at radius 2 is 2.12 bits per heavy atom. The summed E-state index contributed by atoms with van der Waals surface area (Å²) in [6.07, 6.45) is 6.03. The van der Waals surface area contributed by atoms with Crippen molar-refractivity contribution < 1.29 is 14.6 Å². The number of aliphatic hydroxyl groups is 1. The smallest absolute Gasteiger partial charge is 0.306 e. The summed E-state index contributed by atoms with van der Waals surface area (Å²) in [5.74, 6) is 0.237. The Balaban J connectivity index is 1.61. The molecule has 1 aliphatic rings. The molecule has 0 amide bonds. The molecule has 1 heterocycles. The maximum Gasteiger partial charge on any atom is 0.306 e. The van der Waals surface area contributed by atoms with Gasteiger partial charge in [0.1, 0.15) is 18.2 Å². The molecule has 1 saturated carbocycles. The molecule has 2 N–H and O–H groups in total. The summed E-state index contributed by atoms with van der Waals surface area (Å²) >= 11 is 0. The standard InChI is InChI=1S/C19H21N3O3/c20-11-14(19-21-15-7-3-4-8-16(15)22-19)17(23)12-25-18(24)10-9-13-5-1-2-6-13/h3-4,7-8,13,23H,1-2,5-6,9-10,12H2,(H,21,22). The van der Waals surface area contributed by atoms with Crippen LogP contribution >= 0.6 is 0 Å². The van der Waals surface area contributed by atoms with Crippen molar-refractivity contribution in [2.24, 2.45) is 5.92 Å². The van der Waals surface area contributed by atoms with Gasteiger partial charge in [0.25, 0.3) is 0 Å². The Hall–Kier alpha value is -2.81. The molecule has 6 nitrogen and oxygen atoms in total. The van der Waals surface area contributed by atoms with E-state index >= 15 is 0 Å². The number of nitrogens with one attached hydrogen (secondary N) is 1. The average Bonchev–Trinajstić information content (AvgIpc) is 3.28. The van der Waals surface area contributed by atoms with Gasteiger partial charge in [0.05, 0.1) is 11.0 Å². The summed E-state index contributed by atoms with van der Waals surface area (Å²) in [7, 11) is 0. The normalized spacial score (nSPS) is 15.8. The molecular formula is C19H21N3O3. The van der Waals surface area contributed by atoms with E-state index in [4.69, 9.17) is 4.74 Å². The SMILES string of the molecule is N#CC(=C(O)COC(=O)CCC1CCCC1)c1nc2ccccc2[nH]1. The Morgan fingerprint density at radius 3 is 2.84 bits per heavy atom. The first-order chi connectivity index (χ1) is 12.2. The monoisotopic (exact) mass is 339 g/mol. The molecule has 1 aromatic heterocycles. The van der Waals surface area contributed by atoms with Crippen LogP contribution in [0.4, 0.5) is 0 Å². The van der Waals surface area contributed by atoms with Crippen LogP contribution in [0, 0.1) is 17.2 Å². The van der Waals surface area contributed by atoms with Crippen LogP contribution in [0.15, 0.2) is 30.0 Å². The van der Waals surface area contributed by atoms with E-state index in [0.717, 1.165) is 11.9 Å². The van der Waals surface area contributed by atoms with Crippen LogP contribution in [0.3, 0.4) is 0 Å². The third kappa shape index (κ3) is 4.18. The zero-order valence-corrected chi connectivity index (χ0v) is 14.0. The molecule has 0 spiro atoms. The van der Waals surface area contributed by atoms with Crippen molar-refractivity contribution in [3.63, 3.8) is 0 Å². The predicted octanol–water partition coefficient (Wildman–Crippen LogP) is 3.87. The quantitative estimate of drug-likeness (QED) is 0.473. The number of carbonyl (C=O) groups is 1. The lowest BCUT2D eigenvalue weighted by Crippen LogP contribution is -2.10. The number of hydrogen-bond donors (Lipinski definition) is 2. The van der Waals surface area contributed by atoms with Crippen LogP contribution in [-0.2, 0) is 9.53 Å². The average molecular weight is 339 g/mol. The van der Waals surface area contributed by atoms with Gasteiger partial charge in [-0.2, -0.15) is 5.26 Å². The first-order valence-corrected chi connectivity index (χ1v) is 8.60. The van der Waals surface area contributed by atoms with Crippen LogP contribution < -0.4 is 0 Å². The Bertz CT molecular complexity index is 793. The van der Waals surface area contributed by atoms with Crippen LogP contribution in [0.5, 0.6) is 0 Å². The predicted molar refractivity (Wildman–Crippen MR) is 93.4 cm³/mol. The van der Waals surface area contributed by atoms with Crippen molar-refractivity contribution in [2.45, 2.75) is 38.5 Å². The number of ether oxygens (including phenoxy) is 1. The van der Waals surface area contributed by atoms with E-state index in [1.807, 2.05) is 30.3 Å². The molecule has 1 aliphatic carbocycles. The lowest BCUT2D eigenvalue weighted by Gasteiger charge is -2.09. The number of nitriles is 1. The molecule has 130 valence electrons. The maximum atomic E-state index is 11.8. The number of esters is 1. The highest BCUT2D eigenvalue weighted by Crippen LogP contribution is 2.28. The zero-order valence-electron chi connectivity index (χ0n) is 14.0. The lowest BCUT2D eigenvalue weighted by atomic mass is 10.0. The highest BCUT2D eigenvalue weighted by molar-refractivity contribution is 5.82. The minimum Gasteiger partial charge on any atom is -0.507 e. The van der Waals surface area contributed by atoms with E-state index in [0.29, 0.717) is 17.9 Å². The van der Waals surface area contributed by atoms with Crippen molar-refractivity contribution in [1.29, 1.82) is 5.26 Å². The number of benzene rings is 1. The Kier molecular flexibility index (Phi) is 5.34. The second-order valence-corrected chi connectivity index (χ2v) is 6.39. The number of rotatable bonds is 6. The Morgan fingerprint density at radius 1 is 1.36 bits per heavy atom. The first-order valence-electron chi connectivity index (χ1n) is 8.60. The van der Waals surface area contributed by atoms with E-state index < -0.39 is 0 Å². The summed E-state index contributed by atoms with van der Waals surface area (Å²) in [5.41, 5.74) is 1.46. The van der Waals surface area contributed by atoms with Crippen molar-refractivity contribution >= 4 is 22.6 Å². The first kappa shape index (κ1) is 17.0. The van der Waals surface area contributed by atoms with E-state index in [-0.39, 0.29) is 29.7 Å². The van der Waals surface area contributed by atoms with Crippen molar-refractivity contribution in [1.82, 2.24) is 9.97 Å². The Labute approximate surface area is 146 Å². The van der Waals surface area contributed by atoms with Crippen molar-refractivity contribution in [2.75, 3.05) is 6.61 Å². The number of para-hydroxylation sites is 2. The zero-order chi connectivity index (χ0) is 17.6. The van der Waals surface area contributed by atoms with Crippen LogP contribution in [-0.4, -0.2) is 27.7 Å². The molecule has 1 fully saturated rings. The number of allylic oxidation sites excluding steroid dienone is 1. The number of carbonyl (C=O) groups excluding carboxylic acids is 1. The number of aromatic nitrogens is 2. The number of H-pyrrole nitrogens is 1. The fourth-order valence-electron chi connectivity index (χ4n) is 3.24. The van der Waals surface area contributed by atoms with Crippen LogP contribution in [0.1, 0.15) is 44.3 Å². The van der Waals surface area contributed by atoms with Crippen molar-refractivity contribution in [3.05, 3.63) is 35.8 Å². The topological polar surface area (TPSA) is 99.0 Å². The number of aromatic amines is 1. The summed E-state index contributed by atoms with van der Waals surface area (Å²) in [4.78, 5) is 19.1. The van der Waals surface area contributed by atoms with E-state index in [1.54, 1.807) is 0 Å². The molecule has 0 atom stereocenters. The molecular weight excluding hydrogens is 318 g/mol. The highest BCUT2D eigenvalue weighted by atomic mass is 16.5. The molecule has 0 saturated heterocycles. The number of imidazole rings is 1. The molecule has 0 unspecified atom stereocenters. The third-order valence-electron chi connectivity index (χ3n) is 4.63. The molecule has 25 heavy (non-hydrogen) atoms. The summed E-state index contributed by atoms with van der Waals surface area (Å²) in [6, 6.07) is 9.26. The number of aliphatic hydroxyl groups excluding tert-OH is 1. The van der Waals surface area contributed by atoms with Gasteiger partial charge in [0.2, 0.25) is 0 Å². The molecule has 0 radical (unpaired) electrons. The number of fused-ring (bicyclic) bond motifs is 1. The lowest BCUT2D eigenvalue weighted by molar-refractivity contribution is -0.143. The van der Waals surface area contributed by atoms with Gasteiger partial charge in [-0.1, -0.05) is 37.8 Å². The molecule has 3 rings (SSSR count). The third-order valence-corrected chi connectivity index (χ3v) is 4.63. The second kappa shape index (κ2) is 7.84. The molecule has 0 aliphatic heterocycles. The van der Waals surface area contributed by atoms with Gasteiger partial charge in [-0.15, -0.1) is 0 Å². The van der Waals surface area contributed by atoms with E-state index in [1.165, 1.54) is 25.7 Å². The summed E-state index contributed by atoms with van der Waals surface area (Å²) < 4.78 is 5.10. The highest BCUT2D eigenvalue weighted by Gasteiger charge is 2.18. The van der Waals surface area contributed by atoms with Crippen LogP contribution in [0.2, 0.25) is 0 Å². The minimum atomic E-state index is -0.347. The van der Waals surface area contributed by atoms with Gasteiger partial charge in [-0.25, -0.2) is 4.98 Å². The van der Waals surface area contributed by atoms with Crippen LogP contribution in [0.25, 0.3) is 16.6 Å². The minimum absolute atomic E-state index is 0.0141. The summed E-state index contributed by atoms with van der Waals surface area (Å²) in [6.45, 7) is -0.316. The van der Waals surface area contributed by atoms with Gasteiger partial charge in [0.15, 0.2) is 11.6 Å². The molecule has 2 aromatic rings. The summed E-state index contributed by atoms with van der Waals surface area (Å²) in [5, 5.41) is 19.5. The van der Waals surface area contributed by atoms with Gasteiger partial charge in [0, 0.05) is 6.42 Å². The fourth-order valence-corrected chi connectivity index (χ4v) is 3.24. The number of hydrogen-bond acceptors (Lipinski definition) is 5. The van der Waals surface area contributed by atoms with Gasteiger partial charge in [-0.05, 0) is 24.5 Å². The fraction of sp³-hybridized carbons (Fsp3) is 0.421. The van der Waals surface area contributed by atoms with Gasteiger partial charge >= 0.3 is 5.97 Å². The van der Waals surface area contributed by atoms with Gasteiger partial charge < -0.3 is 14.8 Å². The van der Waals surface area contributed by atoms with Gasteiger partial charge in [-0.3, -0.25) is 4.79 Å². The molecule has 1 aromatic carbocycles. The molecule has 0 bridgehead atoms. The van der Waals surface area contributed by atoms with E-state index in [9.17, 15) is 15.2 Å². The maximum absolute atomic E-state index is 11.8. The van der Waals surface area contributed by atoms with Crippen molar-refractivity contribution in [3.8, 4) is 6.07 Å². The molecule has 6 heteroatoms. The van der Waals surface area contributed by atoms with E-state index in [2.05, 4.69) is 9.97 Å².